The third kappa shape index (κ3) is 6.18. The fraction of sp³-hybridized carbons (Fsp3) is 0.360. The van der Waals surface area contributed by atoms with Gasteiger partial charge >= 0.3 is 0 Å². The van der Waals surface area contributed by atoms with Crippen LogP contribution in [-0.4, -0.2) is 32.3 Å². The third-order valence-corrected chi connectivity index (χ3v) is 6.82. The van der Waals surface area contributed by atoms with Gasteiger partial charge in [0.1, 0.15) is 0 Å². The third-order valence-electron chi connectivity index (χ3n) is 5.54. The topological polar surface area (TPSA) is 88.9 Å². The second kappa shape index (κ2) is 11.5. The number of carbonyl (C=O) groups is 2. The van der Waals surface area contributed by atoms with Crippen molar-refractivity contribution in [2.24, 2.45) is 13.0 Å². The molecule has 1 heterocycles. The molecule has 3 rings (SSSR count). The van der Waals surface area contributed by atoms with Gasteiger partial charge in [0.15, 0.2) is 11.0 Å². The van der Waals surface area contributed by atoms with Crippen LogP contribution in [-0.2, 0) is 18.3 Å². The molecule has 1 atom stereocenters. The Morgan fingerprint density at radius 2 is 1.82 bits per heavy atom. The van der Waals surface area contributed by atoms with E-state index in [1.54, 1.807) is 24.3 Å². The lowest BCUT2D eigenvalue weighted by molar-refractivity contribution is -0.113. The number of nitrogens with zero attached hydrogens (tertiary/aromatic N) is 3. The van der Waals surface area contributed by atoms with Gasteiger partial charge in [-0.1, -0.05) is 62.3 Å². The Balaban J connectivity index is 1.68. The SMILES string of the molecule is CCc1cccc(C)c1NC(=O)CSc1nnc([C@@H](NC(=O)c2ccc(Cl)cc2)C(C)C)n1C. The Kier molecular flexibility index (Phi) is 8.74. The number of anilines is 1. The van der Waals surface area contributed by atoms with Crippen LogP contribution < -0.4 is 10.6 Å². The van der Waals surface area contributed by atoms with Crippen molar-refractivity contribution in [3.05, 3.63) is 70.0 Å². The Hall–Kier alpha value is -2.84. The molecule has 0 bridgehead atoms. The van der Waals surface area contributed by atoms with Crippen molar-refractivity contribution in [2.45, 2.75) is 45.3 Å². The molecule has 0 spiro atoms. The van der Waals surface area contributed by atoms with E-state index in [1.165, 1.54) is 11.8 Å². The van der Waals surface area contributed by atoms with Gasteiger partial charge in [0, 0.05) is 23.3 Å². The zero-order valence-corrected chi connectivity index (χ0v) is 21.6. The minimum atomic E-state index is -0.345. The molecule has 7 nitrogen and oxygen atoms in total. The number of nitrogens with one attached hydrogen (secondary N) is 2. The summed E-state index contributed by atoms with van der Waals surface area (Å²) in [4.78, 5) is 25.4. The number of hydrogen-bond acceptors (Lipinski definition) is 5. The molecule has 2 aromatic carbocycles. The summed E-state index contributed by atoms with van der Waals surface area (Å²) in [6.45, 7) is 8.07. The summed E-state index contributed by atoms with van der Waals surface area (Å²) >= 11 is 7.24. The smallest absolute Gasteiger partial charge is 0.251 e. The predicted molar refractivity (Wildman–Crippen MR) is 137 cm³/mol. The van der Waals surface area contributed by atoms with Crippen LogP contribution in [0.3, 0.4) is 0 Å². The molecule has 180 valence electrons. The molecule has 2 N–H and O–H groups in total. The first kappa shape index (κ1) is 25.8. The van der Waals surface area contributed by atoms with Gasteiger partial charge in [-0.05, 0) is 54.7 Å². The van der Waals surface area contributed by atoms with Crippen molar-refractivity contribution in [1.29, 1.82) is 0 Å². The van der Waals surface area contributed by atoms with Crippen LogP contribution >= 0.6 is 23.4 Å². The zero-order valence-electron chi connectivity index (χ0n) is 20.1. The van der Waals surface area contributed by atoms with E-state index < -0.39 is 0 Å². The van der Waals surface area contributed by atoms with Gasteiger partial charge in [-0.3, -0.25) is 9.59 Å². The minimum absolute atomic E-state index is 0.0776. The van der Waals surface area contributed by atoms with Crippen molar-refractivity contribution in [3.63, 3.8) is 0 Å². The van der Waals surface area contributed by atoms with Gasteiger partial charge < -0.3 is 15.2 Å². The average molecular weight is 500 g/mol. The summed E-state index contributed by atoms with van der Waals surface area (Å²) in [7, 11) is 1.84. The van der Waals surface area contributed by atoms with E-state index in [1.807, 2.05) is 50.6 Å². The van der Waals surface area contributed by atoms with Gasteiger partial charge in [-0.25, -0.2) is 0 Å². The molecule has 0 unspecified atom stereocenters. The van der Waals surface area contributed by atoms with Gasteiger partial charge in [-0.15, -0.1) is 10.2 Å². The second-order valence-corrected chi connectivity index (χ2v) is 9.78. The van der Waals surface area contributed by atoms with Crippen LogP contribution in [0.15, 0.2) is 47.6 Å². The maximum atomic E-state index is 12.8. The first-order chi connectivity index (χ1) is 16.2. The molecule has 0 saturated heterocycles. The van der Waals surface area contributed by atoms with Crippen LogP contribution in [0, 0.1) is 12.8 Å². The average Bonchev–Trinajstić information content (AvgIpc) is 3.17. The van der Waals surface area contributed by atoms with E-state index in [9.17, 15) is 9.59 Å². The highest BCUT2D eigenvalue weighted by Gasteiger charge is 2.25. The summed E-state index contributed by atoms with van der Waals surface area (Å²) in [6, 6.07) is 12.4. The fourth-order valence-corrected chi connectivity index (χ4v) is 4.43. The summed E-state index contributed by atoms with van der Waals surface area (Å²) < 4.78 is 1.83. The standard InChI is InChI=1S/C25H30ClN5O2S/c1-6-17-9-7-8-16(4)22(17)27-20(32)14-34-25-30-29-23(31(25)5)21(15(2)3)28-24(33)18-10-12-19(26)13-11-18/h7-13,15,21H,6,14H2,1-5H3,(H,27,32)(H,28,33)/t21-/m0/s1. The summed E-state index contributed by atoms with van der Waals surface area (Å²) in [5.74, 6) is 0.598. The molecule has 0 saturated carbocycles. The van der Waals surface area contributed by atoms with E-state index in [4.69, 9.17) is 11.6 Å². The van der Waals surface area contributed by atoms with Crippen molar-refractivity contribution in [2.75, 3.05) is 11.1 Å². The van der Waals surface area contributed by atoms with Crippen LogP contribution in [0.5, 0.6) is 0 Å². The number of para-hydroxylation sites is 1. The monoisotopic (exact) mass is 499 g/mol. The number of aromatic nitrogens is 3. The molecule has 34 heavy (non-hydrogen) atoms. The van der Waals surface area contributed by atoms with Crippen LogP contribution in [0.25, 0.3) is 0 Å². The lowest BCUT2D eigenvalue weighted by Crippen LogP contribution is -2.33. The minimum Gasteiger partial charge on any atom is -0.342 e. The molecule has 3 aromatic rings. The van der Waals surface area contributed by atoms with Crippen LogP contribution in [0.2, 0.25) is 5.02 Å². The second-order valence-electron chi connectivity index (χ2n) is 8.40. The Bertz CT molecular complexity index is 1160. The summed E-state index contributed by atoms with van der Waals surface area (Å²) in [6.07, 6.45) is 0.843. The van der Waals surface area contributed by atoms with E-state index in [0.717, 1.165) is 23.2 Å². The van der Waals surface area contributed by atoms with Crippen molar-refractivity contribution < 1.29 is 9.59 Å². The first-order valence-electron chi connectivity index (χ1n) is 11.2. The van der Waals surface area contributed by atoms with Crippen LogP contribution in [0.1, 0.15) is 54.1 Å². The number of carbonyl (C=O) groups excluding carboxylic acids is 2. The highest BCUT2D eigenvalue weighted by molar-refractivity contribution is 7.99. The number of aryl methyl sites for hydroxylation is 2. The molecule has 1 aromatic heterocycles. The van der Waals surface area contributed by atoms with Gasteiger partial charge in [0.25, 0.3) is 5.91 Å². The van der Waals surface area contributed by atoms with Crippen molar-refractivity contribution >= 4 is 40.9 Å². The van der Waals surface area contributed by atoms with Gasteiger partial charge in [0.05, 0.1) is 11.8 Å². The molecule has 0 aliphatic heterocycles. The fourth-order valence-electron chi connectivity index (χ4n) is 3.59. The van der Waals surface area contributed by atoms with Crippen molar-refractivity contribution in [1.82, 2.24) is 20.1 Å². The molecule has 0 aliphatic rings. The van der Waals surface area contributed by atoms with Crippen molar-refractivity contribution in [3.8, 4) is 0 Å². The number of benzene rings is 2. The molecule has 0 radical (unpaired) electrons. The molecule has 9 heteroatoms. The Morgan fingerprint density at radius 1 is 1.12 bits per heavy atom. The molecule has 0 fully saturated rings. The maximum absolute atomic E-state index is 12.8. The van der Waals surface area contributed by atoms with E-state index in [0.29, 0.717) is 21.6 Å². The number of thioether (sulfide) groups is 1. The summed E-state index contributed by atoms with van der Waals surface area (Å²) in [5, 5.41) is 15.9. The van der Waals surface area contributed by atoms with Crippen LogP contribution in [0.4, 0.5) is 5.69 Å². The van der Waals surface area contributed by atoms with E-state index in [2.05, 4.69) is 27.8 Å². The highest BCUT2D eigenvalue weighted by Crippen LogP contribution is 2.26. The normalized spacial score (nSPS) is 12.0. The van der Waals surface area contributed by atoms with E-state index in [-0.39, 0.29) is 29.5 Å². The zero-order chi connectivity index (χ0) is 24.8. The first-order valence-corrected chi connectivity index (χ1v) is 12.5. The predicted octanol–water partition coefficient (Wildman–Crippen LogP) is 5.20. The number of amides is 2. The lowest BCUT2D eigenvalue weighted by atomic mass is 10.0. The molecular formula is C25H30ClN5O2S. The molecule has 0 aliphatic carbocycles. The number of hydrogen-bond donors (Lipinski definition) is 2. The number of rotatable bonds is 9. The Labute approximate surface area is 209 Å². The van der Waals surface area contributed by atoms with Gasteiger partial charge in [0.2, 0.25) is 5.91 Å². The van der Waals surface area contributed by atoms with E-state index >= 15 is 0 Å². The number of halogens is 1. The molecule has 2 amide bonds. The Morgan fingerprint density at radius 3 is 2.47 bits per heavy atom. The highest BCUT2D eigenvalue weighted by atomic mass is 35.5. The maximum Gasteiger partial charge on any atom is 0.251 e. The summed E-state index contributed by atoms with van der Waals surface area (Å²) in [5.41, 5.74) is 3.54. The quantitative estimate of drug-likeness (QED) is 0.395. The van der Waals surface area contributed by atoms with Gasteiger partial charge in [-0.2, -0.15) is 0 Å². The largest absolute Gasteiger partial charge is 0.342 e. The lowest BCUT2D eigenvalue weighted by Gasteiger charge is -2.21. The molecular weight excluding hydrogens is 470 g/mol.